The monoisotopic (exact) mass is 490 g/mol. The van der Waals surface area contributed by atoms with E-state index in [0.29, 0.717) is 21.7 Å². The normalized spacial score (nSPS) is 28.4. The van der Waals surface area contributed by atoms with E-state index in [2.05, 4.69) is 41.1 Å². The average Bonchev–Trinajstić information content (AvgIpc) is 3.19. The van der Waals surface area contributed by atoms with E-state index in [1.165, 1.54) is 11.1 Å². The SMILES string of the molecule is CC1/C2=C\C=C/CC(Br)CCC1C1=C(c3ccccc3Cl)C(=O)C(c3ccccc3)=C12. The molecule has 0 aromatic heterocycles. The Morgan fingerprint density at radius 1 is 0.935 bits per heavy atom. The number of hydrogen-bond donors (Lipinski definition) is 0. The molecule has 3 unspecified atom stereocenters. The minimum atomic E-state index is 0.100. The number of fused-ring (bicyclic) bond motifs is 5. The second kappa shape index (κ2) is 8.41. The van der Waals surface area contributed by atoms with Gasteiger partial charge in [0.25, 0.3) is 0 Å². The molecule has 0 aliphatic heterocycles. The van der Waals surface area contributed by atoms with Gasteiger partial charge in [0.2, 0.25) is 0 Å². The van der Waals surface area contributed by atoms with E-state index < -0.39 is 0 Å². The van der Waals surface area contributed by atoms with E-state index in [1.54, 1.807) is 0 Å². The molecule has 1 nitrogen and oxygen atoms in total. The first-order valence-electron chi connectivity index (χ1n) is 10.9. The molecular formula is C28H24BrClO. The van der Waals surface area contributed by atoms with Gasteiger partial charge in [-0.1, -0.05) is 101 Å². The molecule has 3 atom stereocenters. The Labute approximate surface area is 197 Å². The topological polar surface area (TPSA) is 17.1 Å². The quantitative estimate of drug-likeness (QED) is 0.391. The van der Waals surface area contributed by atoms with Gasteiger partial charge in [-0.25, -0.2) is 0 Å². The van der Waals surface area contributed by atoms with Crippen LogP contribution < -0.4 is 0 Å². The zero-order valence-electron chi connectivity index (χ0n) is 17.4. The Morgan fingerprint density at radius 2 is 1.68 bits per heavy atom. The predicted molar refractivity (Wildman–Crippen MR) is 133 cm³/mol. The minimum absolute atomic E-state index is 0.100. The fraction of sp³-hybridized carbons (Fsp3) is 0.250. The smallest absolute Gasteiger partial charge is 0.195 e. The van der Waals surface area contributed by atoms with Crippen LogP contribution in [0.1, 0.15) is 37.3 Å². The van der Waals surface area contributed by atoms with Gasteiger partial charge in [0.05, 0.1) is 0 Å². The predicted octanol–water partition coefficient (Wildman–Crippen LogP) is 7.83. The van der Waals surface area contributed by atoms with Crippen LogP contribution in [-0.4, -0.2) is 10.6 Å². The maximum absolute atomic E-state index is 14.0. The summed E-state index contributed by atoms with van der Waals surface area (Å²) in [5.74, 6) is 0.768. The number of halogens is 2. The third-order valence-electron chi connectivity index (χ3n) is 6.80. The van der Waals surface area contributed by atoms with Crippen LogP contribution in [0.2, 0.25) is 5.02 Å². The van der Waals surface area contributed by atoms with Gasteiger partial charge in [0.1, 0.15) is 0 Å². The fourth-order valence-corrected chi connectivity index (χ4v) is 6.01. The molecule has 5 rings (SSSR count). The van der Waals surface area contributed by atoms with Crippen molar-refractivity contribution in [1.82, 2.24) is 0 Å². The highest BCUT2D eigenvalue weighted by atomic mass is 79.9. The zero-order chi connectivity index (χ0) is 21.5. The van der Waals surface area contributed by atoms with Crippen LogP contribution in [0.5, 0.6) is 0 Å². The lowest BCUT2D eigenvalue weighted by molar-refractivity contribution is -0.108. The molecule has 0 amide bonds. The van der Waals surface area contributed by atoms with Crippen molar-refractivity contribution in [2.24, 2.45) is 11.8 Å². The van der Waals surface area contributed by atoms with E-state index in [-0.39, 0.29) is 5.78 Å². The first kappa shape index (κ1) is 20.7. The van der Waals surface area contributed by atoms with Crippen molar-refractivity contribution in [1.29, 1.82) is 0 Å². The summed E-state index contributed by atoms with van der Waals surface area (Å²) >= 11 is 10.5. The molecule has 0 heterocycles. The molecule has 156 valence electrons. The maximum Gasteiger partial charge on any atom is 0.195 e. The molecule has 2 aromatic rings. The number of Topliss-reactive ketones (excluding diaryl/α,β-unsaturated/α-hetero) is 1. The lowest BCUT2D eigenvalue weighted by Crippen LogP contribution is -2.13. The van der Waals surface area contributed by atoms with Gasteiger partial charge >= 0.3 is 0 Å². The van der Waals surface area contributed by atoms with Gasteiger partial charge in [-0.2, -0.15) is 0 Å². The van der Waals surface area contributed by atoms with Crippen molar-refractivity contribution < 1.29 is 4.79 Å². The number of rotatable bonds is 2. The number of ketones is 1. The second-order valence-electron chi connectivity index (χ2n) is 8.57. The summed E-state index contributed by atoms with van der Waals surface area (Å²) in [7, 11) is 0. The van der Waals surface area contributed by atoms with E-state index in [4.69, 9.17) is 11.6 Å². The number of allylic oxidation sites excluding steroid dienone is 8. The summed E-state index contributed by atoms with van der Waals surface area (Å²) in [6, 6.07) is 17.9. The van der Waals surface area contributed by atoms with Crippen LogP contribution >= 0.6 is 27.5 Å². The van der Waals surface area contributed by atoms with Gasteiger partial charge in [-0.05, 0) is 59.4 Å². The average molecular weight is 492 g/mol. The van der Waals surface area contributed by atoms with Crippen molar-refractivity contribution in [3.63, 3.8) is 0 Å². The molecule has 0 saturated heterocycles. The summed E-state index contributed by atoms with van der Waals surface area (Å²) in [5, 5.41) is 0.637. The van der Waals surface area contributed by atoms with Crippen LogP contribution in [-0.2, 0) is 4.79 Å². The number of carbonyl (C=O) groups is 1. The Hall–Kier alpha value is -2.16. The molecule has 0 N–H and O–H groups in total. The molecule has 1 saturated carbocycles. The zero-order valence-corrected chi connectivity index (χ0v) is 19.8. The first-order chi connectivity index (χ1) is 15.1. The van der Waals surface area contributed by atoms with Crippen LogP contribution in [0.4, 0.5) is 0 Å². The van der Waals surface area contributed by atoms with Crippen LogP contribution in [0, 0.1) is 11.8 Å². The van der Waals surface area contributed by atoms with E-state index in [0.717, 1.165) is 47.1 Å². The third-order valence-corrected chi connectivity index (χ3v) is 7.96. The highest BCUT2D eigenvalue weighted by Gasteiger charge is 2.46. The molecule has 3 heteroatoms. The molecule has 1 fully saturated rings. The Kier molecular flexibility index (Phi) is 5.62. The highest BCUT2D eigenvalue weighted by molar-refractivity contribution is 9.09. The van der Waals surface area contributed by atoms with Crippen LogP contribution in [0.3, 0.4) is 0 Å². The van der Waals surface area contributed by atoms with Gasteiger partial charge < -0.3 is 0 Å². The van der Waals surface area contributed by atoms with Crippen molar-refractivity contribution in [3.05, 3.63) is 106 Å². The van der Waals surface area contributed by atoms with Gasteiger partial charge in [0, 0.05) is 26.6 Å². The minimum Gasteiger partial charge on any atom is -0.289 e. The number of carbonyl (C=O) groups excluding carboxylic acids is 1. The second-order valence-corrected chi connectivity index (χ2v) is 10.3. The summed E-state index contributed by atoms with van der Waals surface area (Å²) in [6.07, 6.45) is 9.77. The molecule has 3 aliphatic carbocycles. The summed E-state index contributed by atoms with van der Waals surface area (Å²) in [4.78, 5) is 14.5. The summed E-state index contributed by atoms with van der Waals surface area (Å²) in [5.41, 5.74) is 7.08. The summed E-state index contributed by atoms with van der Waals surface area (Å²) < 4.78 is 0. The lowest BCUT2D eigenvalue weighted by Gasteiger charge is -2.21. The largest absolute Gasteiger partial charge is 0.289 e. The van der Waals surface area contributed by atoms with Crippen molar-refractivity contribution in [2.75, 3.05) is 0 Å². The molecule has 3 aliphatic rings. The Bertz CT molecular complexity index is 1170. The molecule has 0 radical (unpaired) electrons. The van der Waals surface area contributed by atoms with E-state index >= 15 is 0 Å². The summed E-state index contributed by atoms with van der Waals surface area (Å²) in [6.45, 7) is 2.31. The number of benzene rings is 2. The molecule has 2 bridgehead atoms. The van der Waals surface area contributed by atoms with Gasteiger partial charge in [-0.15, -0.1) is 0 Å². The molecule has 2 aromatic carbocycles. The Morgan fingerprint density at radius 3 is 2.45 bits per heavy atom. The maximum atomic E-state index is 14.0. The number of alkyl halides is 1. The molecule has 31 heavy (non-hydrogen) atoms. The van der Waals surface area contributed by atoms with E-state index in [9.17, 15) is 4.79 Å². The lowest BCUT2D eigenvalue weighted by atomic mass is 9.84. The third kappa shape index (κ3) is 3.50. The van der Waals surface area contributed by atoms with Crippen LogP contribution in [0.15, 0.2) is 89.5 Å². The molecular weight excluding hydrogens is 468 g/mol. The number of hydrogen-bond acceptors (Lipinski definition) is 1. The van der Waals surface area contributed by atoms with Gasteiger partial charge in [-0.3, -0.25) is 4.79 Å². The van der Waals surface area contributed by atoms with Gasteiger partial charge in [0.15, 0.2) is 5.78 Å². The van der Waals surface area contributed by atoms with Crippen molar-refractivity contribution in [2.45, 2.75) is 31.0 Å². The molecule has 0 spiro atoms. The Balaban J connectivity index is 1.81. The van der Waals surface area contributed by atoms with E-state index in [1.807, 2.05) is 54.6 Å². The van der Waals surface area contributed by atoms with Crippen LogP contribution in [0.25, 0.3) is 11.1 Å². The standard InChI is InChI=1S/C28H24BrClO/c1-17-20-12-6-5-11-19(29)15-16-21(17)26-25(20)24(18-9-3-2-4-10-18)28(31)27(26)22-13-7-8-14-23(22)30/h2-10,12-14,17,19,21H,11,15-16H2,1H3/b6-5-,20-12+. The highest BCUT2D eigenvalue weighted by Crippen LogP contribution is 2.57. The van der Waals surface area contributed by atoms with Crippen molar-refractivity contribution in [3.8, 4) is 0 Å². The van der Waals surface area contributed by atoms with Crippen molar-refractivity contribution >= 4 is 44.5 Å². The fourth-order valence-electron chi connectivity index (χ4n) is 5.30. The first-order valence-corrected chi connectivity index (χ1v) is 12.2.